The van der Waals surface area contributed by atoms with Gasteiger partial charge in [-0.2, -0.15) is 0 Å². The molecule has 0 spiro atoms. The molecule has 0 aromatic carbocycles. The average molecular weight is 328 g/mol. The number of Topliss-reactive ketones (excluding diaryl/α,β-unsaturated/α-hetero) is 1. The maximum Gasteiger partial charge on any atom is 0.189 e. The number of carbonyl (C=O) groups is 1. The van der Waals surface area contributed by atoms with E-state index in [0.29, 0.717) is 29.2 Å². The van der Waals surface area contributed by atoms with Crippen LogP contribution in [0.2, 0.25) is 0 Å². The molecule has 3 nitrogen and oxygen atoms in total. The van der Waals surface area contributed by atoms with E-state index in [-0.39, 0.29) is 0 Å². The Labute approximate surface area is 140 Å². The van der Waals surface area contributed by atoms with Gasteiger partial charge in [-0.1, -0.05) is 6.42 Å². The summed E-state index contributed by atoms with van der Waals surface area (Å²) in [5.74, 6) is 0.811. The van der Waals surface area contributed by atoms with Gasteiger partial charge in [-0.25, -0.2) is 0 Å². The Bertz CT molecular complexity index is 362. The molecular weight excluding hydrogens is 296 g/mol. The van der Waals surface area contributed by atoms with Crippen molar-refractivity contribution in [2.75, 3.05) is 19.6 Å². The van der Waals surface area contributed by atoms with Gasteiger partial charge in [0.15, 0.2) is 5.78 Å². The van der Waals surface area contributed by atoms with E-state index in [0.717, 1.165) is 32.2 Å². The van der Waals surface area contributed by atoms with Crippen molar-refractivity contribution in [2.45, 2.75) is 81.7 Å². The third kappa shape index (κ3) is 4.24. The number of quaternary nitrogens is 1. The van der Waals surface area contributed by atoms with Gasteiger partial charge in [0.25, 0.3) is 0 Å². The van der Waals surface area contributed by atoms with Crippen LogP contribution in [0.1, 0.15) is 64.2 Å². The zero-order valence-corrected chi connectivity index (χ0v) is 14.5. The van der Waals surface area contributed by atoms with Crippen molar-refractivity contribution in [3.05, 3.63) is 0 Å². The summed E-state index contributed by atoms with van der Waals surface area (Å²) in [7, 11) is 0. The van der Waals surface area contributed by atoms with Crippen molar-refractivity contribution < 1.29 is 9.69 Å². The van der Waals surface area contributed by atoms with Gasteiger partial charge in [-0.05, 0) is 57.9 Å². The molecule has 0 aromatic heterocycles. The lowest BCUT2D eigenvalue weighted by Gasteiger charge is -2.39. The largest absolute Gasteiger partial charge is 0.325 e. The molecule has 2 saturated heterocycles. The second kappa shape index (κ2) is 8.12. The van der Waals surface area contributed by atoms with Crippen molar-refractivity contribution in [1.29, 1.82) is 0 Å². The van der Waals surface area contributed by atoms with E-state index < -0.39 is 0 Å². The molecular formula is C18H32ClN2O+. The first-order chi connectivity index (χ1) is 10.7. The predicted molar refractivity (Wildman–Crippen MR) is 90.6 cm³/mol. The van der Waals surface area contributed by atoms with Gasteiger partial charge < -0.3 is 10.2 Å². The van der Waals surface area contributed by atoms with Gasteiger partial charge >= 0.3 is 0 Å². The van der Waals surface area contributed by atoms with Crippen LogP contribution in [-0.2, 0) is 4.79 Å². The maximum atomic E-state index is 12.7. The van der Waals surface area contributed by atoms with Crippen LogP contribution >= 0.6 is 11.6 Å². The molecule has 0 bridgehead atoms. The average Bonchev–Trinajstić information content (AvgIpc) is 2.57. The number of hydrogen-bond donors (Lipinski definition) is 2. The van der Waals surface area contributed by atoms with E-state index in [1.807, 2.05) is 0 Å². The fourth-order valence-corrected chi connectivity index (χ4v) is 5.03. The molecule has 2 aliphatic heterocycles. The number of ketones is 1. The number of carbonyl (C=O) groups excluding carboxylic acids is 1. The zero-order valence-electron chi connectivity index (χ0n) is 13.8. The van der Waals surface area contributed by atoms with Crippen LogP contribution in [0.15, 0.2) is 0 Å². The van der Waals surface area contributed by atoms with Gasteiger partial charge in [0.2, 0.25) is 0 Å². The number of halogens is 1. The van der Waals surface area contributed by atoms with E-state index >= 15 is 0 Å². The van der Waals surface area contributed by atoms with Crippen LogP contribution in [0.4, 0.5) is 0 Å². The SMILES string of the molecule is O=C(C[NH+]1CCCCC1C1CCCCN1)C1CCC(Cl)CC1. The predicted octanol–water partition coefficient (Wildman–Crippen LogP) is 1.93. The highest BCUT2D eigenvalue weighted by atomic mass is 35.5. The summed E-state index contributed by atoms with van der Waals surface area (Å²) in [5, 5.41) is 4.04. The molecule has 126 valence electrons. The fraction of sp³-hybridized carbons (Fsp3) is 0.944. The molecule has 22 heavy (non-hydrogen) atoms. The minimum absolute atomic E-state index is 0.296. The molecule has 0 aromatic rings. The van der Waals surface area contributed by atoms with Crippen LogP contribution in [0, 0.1) is 5.92 Å². The minimum atomic E-state index is 0.296. The van der Waals surface area contributed by atoms with Crippen molar-refractivity contribution in [3.8, 4) is 0 Å². The molecule has 0 amide bonds. The number of piperidine rings is 2. The molecule has 2 heterocycles. The third-order valence-electron chi connectivity index (χ3n) is 6.13. The third-order valence-corrected chi connectivity index (χ3v) is 6.57. The second-order valence-electron chi connectivity index (χ2n) is 7.66. The quantitative estimate of drug-likeness (QED) is 0.774. The lowest BCUT2D eigenvalue weighted by Crippen LogP contribution is -3.19. The zero-order chi connectivity index (χ0) is 15.4. The number of hydrogen-bond acceptors (Lipinski definition) is 2. The summed E-state index contributed by atoms with van der Waals surface area (Å²) in [5.41, 5.74) is 0. The lowest BCUT2D eigenvalue weighted by molar-refractivity contribution is -0.924. The Hall–Kier alpha value is -0.120. The topological polar surface area (TPSA) is 33.5 Å². The second-order valence-corrected chi connectivity index (χ2v) is 8.28. The van der Waals surface area contributed by atoms with Crippen LogP contribution in [-0.4, -0.2) is 42.9 Å². The Morgan fingerprint density at radius 2 is 1.77 bits per heavy atom. The normalized spacial score (nSPS) is 40.3. The highest BCUT2D eigenvalue weighted by Gasteiger charge is 2.36. The first-order valence-electron chi connectivity index (χ1n) is 9.49. The summed E-state index contributed by atoms with van der Waals surface area (Å²) < 4.78 is 0. The number of alkyl halides is 1. The maximum absolute atomic E-state index is 12.7. The molecule has 3 aliphatic rings. The minimum Gasteiger partial charge on any atom is -0.325 e. The van der Waals surface area contributed by atoms with Crippen LogP contribution in [0.5, 0.6) is 0 Å². The number of nitrogens with one attached hydrogen (secondary N) is 2. The Morgan fingerprint density at radius 1 is 1.00 bits per heavy atom. The van der Waals surface area contributed by atoms with Crippen molar-refractivity contribution >= 4 is 17.4 Å². The summed E-state index contributed by atoms with van der Waals surface area (Å²) in [6.45, 7) is 3.13. The summed E-state index contributed by atoms with van der Waals surface area (Å²) in [6.07, 6.45) is 12.0. The molecule has 1 aliphatic carbocycles. The van der Waals surface area contributed by atoms with Crippen molar-refractivity contribution in [2.24, 2.45) is 5.92 Å². The smallest absolute Gasteiger partial charge is 0.189 e. The molecule has 0 radical (unpaired) electrons. The standard InChI is InChI=1S/C18H31ClN2O/c19-15-9-7-14(8-10-15)18(22)13-21-12-4-2-6-17(21)16-5-1-3-11-20-16/h14-17,20H,1-13H2/p+1. The highest BCUT2D eigenvalue weighted by Crippen LogP contribution is 2.28. The Kier molecular flexibility index (Phi) is 6.17. The molecule has 3 unspecified atom stereocenters. The van der Waals surface area contributed by atoms with Gasteiger partial charge in [-0.15, -0.1) is 11.6 Å². The molecule has 3 rings (SSSR count). The first-order valence-corrected chi connectivity index (χ1v) is 9.92. The summed E-state index contributed by atoms with van der Waals surface area (Å²) >= 11 is 6.18. The Morgan fingerprint density at radius 3 is 2.50 bits per heavy atom. The van der Waals surface area contributed by atoms with Gasteiger partial charge in [-0.3, -0.25) is 4.79 Å². The highest BCUT2D eigenvalue weighted by molar-refractivity contribution is 6.20. The molecule has 3 fully saturated rings. The Balaban J connectivity index is 1.55. The van der Waals surface area contributed by atoms with Crippen LogP contribution < -0.4 is 10.2 Å². The molecule has 2 N–H and O–H groups in total. The number of rotatable bonds is 4. The lowest BCUT2D eigenvalue weighted by atomic mass is 9.84. The molecule has 3 atom stereocenters. The van der Waals surface area contributed by atoms with E-state index in [2.05, 4.69) is 5.32 Å². The van der Waals surface area contributed by atoms with E-state index in [4.69, 9.17) is 11.6 Å². The molecule has 4 heteroatoms. The van der Waals surface area contributed by atoms with Crippen LogP contribution in [0.25, 0.3) is 0 Å². The van der Waals surface area contributed by atoms with Crippen LogP contribution in [0.3, 0.4) is 0 Å². The summed E-state index contributed by atoms with van der Waals surface area (Å²) in [6, 6.07) is 1.32. The van der Waals surface area contributed by atoms with Crippen molar-refractivity contribution in [1.82, 2.24) is 5.32 Å². The van der Waals surface area contributed by atoms with E-state index in [1.54, 1.807) is 4.90 Å². The fourth-order valence-electron chi connectivity index (χ4n) is 4.78. The number of likely N-dealkylation sites (tertiary alicyclic amines) is 1. The summed E-state index contributed by atoms with van der Waals surface area (Å²) in [4.78, 5) is 14.3. The monoisotopic (exact) mass is 327 g/mol. The molecule has 1 saturated carbocycles. The van der Waals surface area contributed by atoms with Gasteiger partial charge in [0.05, 0.1) is 12.6 Å². The van der Waals surface area contributed by atoms with Gasteiger partial charge in [0.1, 0.15) is 12.6 Å². The van der Waals surface area contributed by atoms with Gasteiger partial charge in [0, 0.05) is 17.7 Å². The first kappa shape index (κ1) is 16.7. The van der Waals surface area contributed by atoms with E-state index in [9.17, 15) is 4.79 Å². The van der Waals surface area contributed by atoms with E-state index in [1.165, 1.54) is 51.6 Å². The van der Waals surface area contributed by atoms with Crippen molar-refractivity contribution in [3.63, 3.8) is 0 Å².